The number of isocyanates is 1. The van der Waals surface area contributed by atoms with Crippen LogP contribution in [0.1, 0.15) is 114 Å². The second kappa shape index (κ2) is 15.2. The Morgan fingerprint density at radius 1 is 0.900 bits per heavy atom. The van der Waals surface area contributed by atoms with Gasteiger partial charge < -0.3 is 10.2 Å². The highest BCUT2D eigenvalue weighted by molar-refractivity contribution is 5.83. The van der Waals surface area contributed by atoms with Crippen molar-refractivity contribution >= 4 is 12.0 Å². The number of hydrogen-bond donors (Lipinski definition) is 2. The molecule has 5 aliphatic rings. The Hall–Kier alpha value is -3.74. The lowest BCUT2D eigenvalue weighted by atomic mass is 9.45. The van der Waals surface area contributed by atoms with Crippen molar-refractivity contribution in [1.29, 1.82) is 0 Å². The predicted molar refractivity (Wildman–Crippen MR) is 191 cm³/mol. The number of pyridine rings is 1. The third-order valence-corrected chi connectivity index (χ3v) is 11.7. The van der Waals surface area contributed by atoms with Crippen molar-refractivity contribution in [2.24, 2.45) is 22.2 Å². The Morgan fingerprint density at radius 2 is 1.54 bits per heavy atom. The number of carbonyl (C=O) groups is 1. The molecule has 4 saturated carbocycles. The lowest BCUT2D eigenvalue weighted by Crippen LogP contribution is -2.61. The number of nitrogens with zero attached hydrogens (tertiary/aromatic N) is 2. The number of rotatable bonds is 14. The fraction of sp³-hybridized carbons (Fsp3) is 0.548. The second-order valence-electron chi connectivity index (χ2n) is 15.7. The summed E-state index contributed by atoms with van der Waals surface area (Å²) in [7, 11) is 0. The fourth-order valence-corrected chi connectivity index (χ4v) is 10.0. The first-order valence-corrected chi connectivity index (χ1v) is 18.5. The molecule has 2 N–H and O–H groups in total. The molecule has 0 radical (unpaired) electrons. The summed E-state index contributed by atoms with van der Waals surface area (Å²) in [5, 5.41) is 18.8. The van der Waals surface area contributed by atoms with Gasteiger partial charge in [0.05, 0.1) is 11.2 Å². The van der Waals surface area contributed by atoms with Crippen LogP contribution in [-0.2, 0) is 22.4 Å². The van der Waals surface area contributed by atoms with Crippen LogP contribution in [0.25, 0.3) is 22.4 Å². The van der Waals surface area contributed by atoms with Gasteiger partial charge in [0.25, 0.3) is 5.92 Å². The van der Waals surface area contributed by atoms with Crippen molar-refractivity contribution in [3.05, 3.63) is 77.5 Å². The molecule has 6 nitrogen and oxygen atoms in total. The lowest BCUT2D eigenvalue weighted by molar-refractivity contribution is -0.204. The third-order valence-electron chi connectivity index (χ3n) is 11.7. The predicted octanol–water partition coefficient (Wildman–Crippen LogP) is 9.74. The molecule has 4 fully saturated rings. The maximum Gasteiger partial charge on any atom is 0.303 e. The number of fused-ring (bicyclic) bond motifs is 3. The minimum Gasteiger partial charge on any atom is -0.481 e. The van der Waals surface area contributed by atoms with Crippen LogP contribution in [0.3, 0.4) is 0 Å². The topological polar surface area (TPSA) is 99.9 Å². The molecule has 8 rings (SSSR count). The van der Waals surface area contributed by atoms with E-state index in [-0.39, 0.29) is 0 Å². The van der Waals surface area contributed by atoms with Crippen LogP contribution in [-0.4, -0.2) is 44.8 Å². The van der Waals surface area contributed by atoms with Crippen LogP contribution in [0.5, 0.6) is 0 Å². The van der Waals surface area contributed by atoms with E-state index in [2.05, 4.69) is 65.7 Å². The van der Waals surface area contributed by atoms with Crippen LogP contribution in [0.15, 0.2) is 65.7 Å². The van der Waals surface area contributed by atoms with Gasteiger partial charge in [-0.25, -0.2) is 13.6 Å². The number of aliphatic imine (C=N–C) groups is 1. The number of carboxylic acid groups (broad SMARTS) is 1. The number of benzene rings is 2. The zero-order valence-corrected chi connectivity index (χ0v) is 29.2. The molecule has 0 spiro atoms. The molecule has 0 aliphatic heterocycles. The van der Waals surface area contributed by atoms with Gasteiger partial charge in [-0.1, -0.05) is 80.6 Å². The quantitative estimate of drug-likeness (QED) is 0.0783. The third kappa shape index (κ3) is 8.08. The number of aromatic nitrogens is 1. The van der Waals surface area contributed by atoms with E-state index in [1.807, 2.05) is 0 Å². The average molecular weight is 685 g/mol. The maximum atomic E-state index is 13.6. The summed E-state index contributed by atoms with van der Waals surface area (Å²) in [6, 6.07) is 21.7. The van der Waals surface area contributed by atoms with Crippen molar-refractivity contribution in [3.8, 4) is 22.4 Å². The number of hydrogen-bond acceptors (Lipinski definition) is 5. The van der Waals surface area contributed by atoms with Gasteiger partial charge in [-0.2, -0.15) is 4.99 Å². The number of aryl methyl sites for hydroxylation is 1. The number of aliphatic carboxylic acids is 1. The van der Waals surface area contributed by atoms with Gasteiger partial charge in [0.2, 0.25) is 6.08 Å². The smallest absolute Gasteiger partial charge is 0.303 e. The molecule has 2 aromatic carbocycles. The molecule has 3 aromatic rings. The molecule has 5 aliphatic carbocycles. The fourth-order valence-electron chi connectivity index (χ4n) is 10.0. The molecular weight excluding hydrogens is 634 g/mol. The zero-order chi connectivity index (χ0) is 35.4. The summed E-state index contributed by atoms with van der Waals surface area (Å²) >= 11 is 0. The van der Waals surface area contributed by atoms with E-state index in [4.69, 9.17) is 10.1 Å². The summed E-state index contributed by atoms with van der Waals surface area (Å²) in [4.78, 5) is 30.1. The number of aliphatic hydroxyl groups excluding tert-OH is 1. The number of alkyl halides is 2. The van der Waals surface area contributed by atoms with Gasteiger partial charge in [-0.3, -0.25) is 9.78 Å². The highest BCUT2D eigenvalue weighted by Crippen LogP contribution is 2.65. The van der Waals surface area contributed by atoms with Gasteiger partial charge in [0.15, 0.2) is 0 Å². The lowest BCUT2D eigenvalue weighted by Gasteiger charge is -2.61. The van der Waals surface area contributed by atoms with Crippen molar-refractivity contribution in [1.82, 2.24) is 4.98 Å². The number of aliphatic hydroxyl groups is 1. The highest BCUT2D eigenvalue weighted by atomic mass is 19.3. The van der Waals surface area contributed by atoms with E-state index in [1.54, 1.807) is 6.08 Å². The van der Waals surface area contributed by atoms with E-state index < -0.39 is 28.9 Å². The summed E-state index contributed by atoms with van der Waals surface area (Å²) in [5.41, 5.74) is 7.74. The Labute approximate surface area is 294 Å². The highest BCUT2D eigenvalue weighted by Gasteiger charge is 2.63. The molecule has 3 unspecified atom stereocenters. The first-order chi connectivity index (χ1) is 24.0. The summed E-state index contributed by atoms with van der Waals surface area (Å²) < 4.78 is 27.2. The number of halogens is 2. The first-order valence-electron chi connectivity index (χ1n) is 18.5. The molecule has 266 valence electrons. The van der Waals surface area contributed by atoms with E-state index in [9.17, 15) is 23.5 Å². The SMILES string of the molecule is CC(F)(F)C(O)C12CC3CC(CC(N=C=O)(C3)C1)C2.O=C(O)CCCCCCCCCc1cccc(-c2cccc3c2Cc2ccccc2-3)n1. The maximum absolute atomic E-state index is 13.6. The van der Waals surface area contributed by atoms with Crippen molar-refractivity contribution in [2.75, 3.05) is 0 Å². The summed E-state index contributed by atoms with van der Waals surface area (Å²) in [5.74, 6) is -3.15. The standard InChI is InChI=1S/C28H31NO2.C14H19F2NO2/c30-28(31)19-7-5-3-1-2-4-6-13-22-14-10-18-27(29-22)25-17-11-16-24-23-15-9-8-12-21(23)20-26(24)25;1-12(15,16)11(19)13-3-9-2-10(4-13)6-14(5-9,7-13)17-8-18/h8-12,14-18H,1-7,13,19-20H2,(H,30,31);9-11,19H,2-7H2,1H3. The van der Waals surface area contributed by atoms with Gasteiger partial charge >= 0.3 is 5.97 Å². The second-order valence-corrected chi connectivity index (χ2v) is 15.7. The Morgan fingerprint density at radius 3 is 2.24 bits per heavy atom. The van der Waals surface area contributed by atoms with Crippen LogP contribution >= 0.6 is 0 Å². The van der Waals surface area contributed by atoms with Crippen LogP contribution < -0.4 is 0 Å². The van der Waals surface area contributed by atoms with Gasteiger partial charge in [0.1, 0.15) is 6.10 Å². The van der Waals surface area contributed by atoms with E-state index in [1.165, 1.54) is 52.8 Å². The van der Waals surface area contributed by atoms with Crippen LogP contribution in [0.2, 0.25) is 0 Å². The molecule has 3 atom stereocenters. The average Bonchev–Trinajstić information content (AvgIpc) is 3.45. The molecular formula is C42H50F2N2O4. The molecule has 4 bridgehead atoms. The van der Waals surface area contributed by atoms with Crippen LogP contribution in [0.4, 0.5) is 8.78 Å². The largest absolute Gasteiger partial charge is 0.481 e. The van der Waals surface area contributed by atoms with Crippen molar-refractivity contribution < 1.29 is 28.6 Å². The minimum absolute atomic E-state index is 0.304. The number of carbonyl (C=O) groups excluding carboxylic acids is 1. The number of carboxylic acids is 1. The van der Waals surface area contributed by atoms with Crippen LogP contribution in [0, 0.1) is 17.3 Å². The van der Waals surface area contributed by atoms with Gasteiger partial charge in [0, 0.05) is 30.0 Å². The van der Waals surface area contributed by atoms with E-state index >= 15 is 0 Å². The molecule has 1 aromatic heterocycles. The molecule has 8 heteroatoms. The first kappa shape index (κ1) is 36.1. The minimum atomic E-state index is -3.10. The summed E-state index contributed by atoms with van der Waals surface area (Å²) in [6.07, 6.45) is 14.4. The van der Waals surface area contributed by atoms with Gasteiger partial charge in [-0.05, 0) is 110 Å². The Kier molecular flexibility index (Phi) is 11.0. The summed E-state index contributed by atoms with van der Waals surface area (Å²) in [6.45, 7) is 0.784. The molecule has 1 heterocycles. The van der Waals surface area contributed by atoms with Crippen molar-refractivity contribution in [3.63, 3.8) is 0 Å². The normalized spacial score (nSPS) is 24.8. The van der Waals surface area contributed by atoms with Crippen molar-refractivity contribution in [2.45, 2.75) is 127 Å². The zero-order valence-electron chi connectivity index (χ0n) is 29.2. The molecule has 0 amide bonds. The van der Waals surface area contributed by atoms with Gasteiger partial charge in [-0.15, -0.1) is 0 Å². The Bertz CT molecular complexity index is 1700. The Balaban J connectivity index is 0.000000194. The molecule has 50 heavy (non-hydrogen) atoms. The number of unbranched alkanes of at least 4 members (excludes halogenated alkanes) is 6. The monoisotopic (exact) mass is 684 g/mol. The van der Waals surface area contributed by atoms with E-state index in [0.717, 1.165) is 70.4 Å². The van der Waals surface area contributed by atoms with E-state index in [0.29, 0.717) is 37.5 Å². The molecule has 0 saturated heterocycles.